The number of anilines is 1. The number of carbonyl (C=O) groups is 1. The fourth-order valence-corrected chi connectivity index (χ4v) is 4.60. The van der Waals surface area contributed by atoms with Crippen LogP contribution in [-0.4, -0.2) is 31.3 Å². The Morgan fingerprint density at radius 3 is 2.75 bits per heavy atom. The van der Waals surface area contributed by atoms with Gasteiger partial charge in [-0.25, -0.2) is 4.52 Å². The van der Waals surface area contributed by atoms with Crippen molar-refractivity contribution in [1.82, 2.24) is 19.4 Å². The van der Waals surface area contributed by atoms with Gasteiger partial charge in [0.1, 0.15) is 5.41 Å². The number of rotatable bonds is 4. The predicted molar refractivity (Wildman–Crippen MR) is 104 cm³/mol. The molecular weight excluding hydrogens is 352 g/mol. The quantitative estimate of drug-likeness (QED) is 0.703. The second-order valence-electron chi connectivity index (χ2n) is 7.98. The zero-order chi connectivity index (χ0) is 19.5. The van der Waals surface area contributed by atoms with E-state index < -0.39 is 5.41 Å². The number of aryl methyl sites for hydroxylation is 1. The van der Waals surface area contributed by atoms with Gasteiger partial charge < -0.3 is 4.90 Å². The monoisotopic (exact) mass is 374 g/mol. The summed E-state index contributed by atoms with van der Waals surface area (Å²) in [4.78, 5) is 15.4. The average Bonchev–Trinajstić information content (AvgIpc) is 3.20. The highest BCUT2D eigenvalue weighted by molar-refractivity contribution is 6.05. The largest absolute Gasteiger partial charge is 0.306 e. The van der Waals surface area contributed by atoms with Gasteiger partial charge in [0.25, 0.3) is 0 Å². The summed E-state index contributed by atoms with van der Waals surface area (Å²) in [6, 6.07) is 6.38. The van der Waals surface area contributed by atoms with Crippen LogP contribution in [0.15, 0.2) is 36.9 Å². The molecule has 2 aliphatic rings. The van der Waals surface area contributed by atoms with Gasteiger partial charge in [0, 0.05) is 42.8 Å². The summed E-state index contributed by atoms with van der Waals surface area (Å²) in [7, 11) is 1.89. The van der Waals surface area contributed by atoms with E-state index in [1.165, 1.54) is 0 Å². The van der Waals surface area contributed by atoms with Gasteiger partial charge in [0.2, 0.25) is 5.91 Å². The Balaban J connectivity index is 1.63. The molecule has 2 fully saturated rings. The smallest absolute Gasteiger partial charge is 0.248 e. The first-order chi connectivity index (χ1) is 13.6. The van der Waals surface area contributed by atoms with Crippen molar-refractivity contribution in [3.63, 3.8) is 0 Å². The highest BCUT2D eigenvalue weighted by Crippen LogP contribution is 2.54. The molecule has 1 aliphatic heterocycles. The Morgan fingerprint density at radius 2 is 2.11 bits per heavy atom. The van der Waals surface area contributed by atoms with E-state index in [0.717, 1.165) is 41.6 Å². The van der Waals surface area contributed by atoms with E-state index in [-0.39, 0.29) is 17.9 Å². The molecule has 0 N–H and O–H groups in total. The second kappa shape index (κ2) is 5.93. The van der Waals surface area contributed by atoms with Crippen LogP contribution in [0.5, 0.6) is 0 Å². The third kappa shape index (κ3) is 2.30. The molecule has 2 atom stereocenters. The van der Waals surface area contributed by atoms with Crippen molar-refractivity contribution < 1.29 is 4.79 Å². The molecule has 7 nitrogen and oxygen atoms in total. The number of fused-ring (bicyclic) bond motifs is 1. The summed E-state index contributed by atoms with van der Waals surface area (Å²) in [6.07, 6.45) is 10.8. The van der Waals surface area contributed by atoms with E-state index in [9.17, 15) is 10.1 Å². The Bertz CT molecular complexity index is 1120. The Hall–Kier alpha value is -3.14. The summed E-state index contributed by atoms with van der Waals surface area (Å²) in [5.74, 6) is 0.168. The molecule has 0 unspecified atom stereocenters. The molecule has 3 aromatic heterocycles. The number of hydrogen-bond acceptors (Lipinski definition) is 4. The predicted octanol–water partition coefficient (Wildman–Crippen LogP) is 3.17. The highest BCUT2D eigenvalue weighted by Gasteiger charge is 2.59. The number of nitriles is 1. The Morgan fingerprint density at radius 1 is 1.29 bits per heavy atom. The molecule has 0 spiro atoms. The lowest BCUT2D eigenvalue weighted by Gasteiger charge is -2.25. The molecule has 0 radical (unpaired) electrons. The summed E-state index contributed by atoms with van der Waals surface area (Å²) < 4.78 is 3.57. The fraction of sp³-hybridized carbons (Fsp3) is 0.429. The third-order valence-corrected chi connectivity index (χ3v) is 6.25. The first-order valence-corrected chi connectivity index (χ1v) is 9.78. The molecule has 142 valence electrons. The second-order valence-corrected chi connectivity index (χ2v) is 7.98. The van der Waals surface area contributed by atoms with E-state index >= 15 is 0 Å². The highest BCUT2D eigenvalue weighted by atomic mass is 16.2. The molecule has 4 heterocycles. The molecule has 1 amide bonds. The summed E-state index contributed by atoms with van der Waals surface area (Å²) in [6.45, 7) is 2.09. The van der Waals surface area contributed by atoms with Gasteiger partial charge in [-0.2, -0.15) is 15.5 Å². The lowest BCUT2D eigenvalue weighted by Crippen LogP contribution is -2.37. The Labute approximate surface area is 163 Å². The molecule has 1 aliphatic carbocycles. The van der Waals surface area contributed by atoms with Crippen LogP contribution in [0.25, 0.3) is 16.6 Å². The fourth-order valence-electron chi connectivity index (χ4n) is 4.60. The van der Waals surface area contributed by atoms with Crippen molar-refractivity contribution in [2.75, 3.05) is 4.90 Å². The summed E-state index contributed by atoms with van der Waals surface area (Å²) >= 11 is 0. The molecular formula is C21H22N6O. The minimum absolute atomic E-state index is 0.0377. The van der Waals surface area contributed by atoms with E-state index in [2.05, 4.69) is 23.2 Å². The lowest BCUT2D eigenvalue weighted by atomic mass is 9.81. The van der Waals surface area contributed by atoms with Crippen LogP contribution in [0.4, 0.5) is 5.69 Å². The maximum absolute atomic E-state index is 13.5. The van der Waals surface area contributed by atoms with Gasteiger partial charge in [0.05, 0.1) is 23.5 Å². The van der Waals surface area contributed by atoms with Gasteiger partial charge in [-0.1, -0.05) is 6.92 Å². The van der Waals surface area contributed by atoms with Crippen LogP contribution in [0.1, 0.15) is 32.6 Å². The standard InChI is InChI=1S/C21H22N6O/c1-3-17-9-21(13-22,16-4-5-16)20(28)27(17)18-6-7-23-26-12-14(8-19(18)26)15-10-24-25(2)11-15/h6-8,10-12,16-17H,3-5,9H2,1-2H3/t17-,21-/m1/s1. The van der Waals surface area contributed by atoms with Crippen LogP contribution in [0, 0.1) is 22.7 Å². The minimum Gasteiger partial charge on any atom is -0.306 e. The molecule has 7 heteroatoms. The minimum atomic E-state index is -0.861. The number of aromatic nitrogens is 4. The number of amides is 1. The van der Waals surface area contributed by atoms with Crippen LogP contribution >= 0.6 is 0 Å². The number of hydrogen-bond donors (Lipinski definition) is 0. The first kappa shape index (κ1) is 17.0. The van der Waals surface area contributed by atoms with Crippen molar-refractivity contribution >= 4 is 17.1 Å². The van der Waals surface area contributed by atoms with E-state index in [4.69, 9.17) is 0 Å². The average molecular weight is 374 g/mol. The maximum atomic E-state index is 13.5. The topological polar surface area (TPSA) is 79.2 Å². The zero-order valence-corrected chi connectivity index (χ0v) is 16.0. The summed E-state index contributed by atoms with van der Waals surface area (Å²) in [5.41, 5.74) is 2.85. The van der Waals surface area contributed by atoms with Crippen LogP contribution in [0.2, 0.25) is 0 Å². The van der Waals surface area contributed by atoms with Gasteiger partial charge in [0.15, 0.2) is 0 Å². The molecule has 5 rings (SSSR count). The van der Waals surface area contributed by atoms with Crippen molar-refractivity contribution in [2.45, 2.75) is 38.6 Å². The van der Waals surface area contributed by atoms with Gasteiger partial charge in [-0.15, -0.1) is 0 Å². The van der Waals surface area contributed by atoms with Crippen LogP contribution < -0.4 is 4.90 Å². The van der Waals surface area contributed by atoms with Crippen LogP contribution in [0.3, 0.4) is 0 Å². The van der Waals surface area contributed by atoms with Crippen molar-refractivity contribution in [1.29, 1.82) is 5.26 Å². The first-order valence-electron chi connectivity index (χ1n) is 9.78. The molecule has 0 bridgehead atoms. The van der Waals surface area contributed by atoms with E-state index in [1.807, 2.05) is 42.7 Å². The number of carbonyl (C=O) groups excluding carboxylic acids is 1. The van der Waals surface area contributed by atoms with E-state index in [1.54, 1.807) is 15.4 Å². The molecule has 3 aromatic rings. The normalized spacial score (nSPS) is 24.8. The molecule has 1 saturated carbocycles. The summed E-state index contributed by atoms with van der Waals surface area (Å²) in [5, 5.41) is 18.6. The third-order valence-electron chi connectivity index (χ3n) is 6.25. The van der Waals surface area contributed by atoms with Crippen molar-refractivity contribution in [3.05, 3.63) is 36.9 Å². The van der Waals surface area contributed by atoms with Gasteiger partial charge in [-0.05, 0) is 43.7 Å². The van der Waals surface area contributed by atoms with Crippen molar-refractivity contribution in [2.24, 2.45) is 18.4 Å². The number of nitrogens with zero attached hydrogens (tertiary/aromatic N) is 6. The van der Waals surface area contributed by atoms with E-state index in [0.29, 0.717) is 6.42 Å². The molecule has 28 heavy (non-hydrogen) atoms. The van der Waals surface area contributed by atoms with Crippen LogP contribution in [-0.2, 0) is 11.8 Å². The maximum Gasteiger partial charge on any atom is 0.248 e. The van der Waals surface area contributed by atoms with Gasteiger partial charge in [-0.3, -0.25) is 9.48 Å². The lowest BCUT2D eigenvalue weighted by molar-refractivity contribution is -0.123. The Kier molecular flexibility index (Phi) is 3.60. The van der Waals surface area contributed by atoms with Crippen molar-refractivity contribution in [3.8, 4) is 17.2 Å². The molecule has 1 saturated heterocycles. The molecule has 0 aromatic carbocycles. The zero-order valence-electron chi connectivity index (χ0n) is 16.0. The van der Waals surface area contributed by atoms with Gasteiger partial charge >= 0.3 is 0 Å². The SMILES string of the molecule is CC[C@@H]1C[C@@](C#N)(C2CC2)C(=O)N1c1ccnn2cc(-c3cnn(C)c3)cc12.